The van der Waals surface area contributed by atoms with E-state index in [1.165, 1.54) is 24.3 Å². The van der Waals surface area contributed by atoms with Crippen molar-refractivity contribution in [2.24, 2.45) is 11.8 Å². The third-order valence-electron chi connectivity index (χ3n) is 6.99. The fraction of sp³-hybridized carbons (Fsp3) is 0.357. The molecule has 7 heteroatoms. The minimum Gasteiger partial charge on any atom is -0.429 e. The van der Waals surface area contributed by atoms with Crippen molar-refractivity contribution in [3.05, 3.63) is 77.6 Å². The molecule has 1 atom stereocenters. The highest BCUT2D eigenvalue weighted by molar-refractivity contribution is 5.71. The molecule has 3 aromatic rings. The maximum absolute atomic E-state index is 14.7. The van der Waals surface area contributed by atoms with Gasteiger partial charge in [0.15, 0.2) is 23.2 Å². The van der Waals surface area contributed by atoms with Crippen LogP contribution in [0, 0.1) is 29.3 Å². The zero-order valence-electron chi connectivity index (χ0n) is 19.2. The normalized spacial score (nSPS) is 22.2. The highest BCUT2D eigenvalue weighted by atomic mass is 19.3. The summed E-state index contributed by atoms with van der Waals surface area (Å²) in [5.74, 6) is -3.77. The molecule has 0 bridgehead atoms. The summed E-state index contributed by atoms with van der Waals surface area (Å²) in [5, 5.41) is 0. The van der Waals surface area contributed by atoms with Gasteiger partial charge in [-0.1, -0.05) is 62.2 Å². The molecule has 2 nitrogen and oxygen atoms in total. The molecule has 5 rings (SSSR count). The number of benzene rings is 3. The van der Waals surface area contributed by atoms with Gasteiger partial charge in [0.25, 0.3) is 0 Å². The monoisotopic (exact) mass is 488 g/mol. The first kappa shape index (κ1) is 23.8. The van der Waals surface area contributed by atoms with E-state index in [4.69, 9.17) is 9.47 Å². The Bertz CT molecular complexity index is 1210. The van der Waals surface area contributed by atoms with Crippen LogP contribution in [-0.2, 0) is 4.74 Å². The van der Waals surface area contributed by atoms with Gasteiger partial charge in [0, 0.05) is 11.1 Å². The van der Waals surface area contributed by atoms with Crippen LogP contribution in [0.1, 0.15) is 44.3 Å². The van der Waals surface area contributed by atoms with Crippen LogP contribution in [-0.4, -0.2) is 12.7 Å². The van der Waals surface area contributed by atoms with Crippen molar-refractivity contribution in [1.29, 1.82) is 0 Å². The lowest BCUT2D eigenvalue weighted by Gasteiger charge is -2.32. The predicted octanol–water partition coefficient (Wildman–Crippen LogP) is 8.31. The Morgan fingerprint density at radius 2 is 1.43 bits per heavy atom. The lowest BCUT2D eigenvalue weighted by atomic mass is 9.82. The lowest BCUT2D eigenvalue weighted by Crippen LogP contribution is -2.37. The van der Waals surface area contributed by atoms with Gasteiger partial charge in [-0.25, -0.2) is 13.2 Å². The topological polar surface area (TPSA) is 21.8 Å². The van der Waals surface area contributed by atoms with Crippen LogP contribution in [0.15, 0.2) is 54.6 Å². The van der Waals surface area contributed by atoms with Crippen molar-refractivity contribution < 1.29 is 31.4 Å². The fourth-order valence-electron chi connectivity index (χ4n) is 4.70. The molecule has 3 aromatic carbocycles. The predicted molar refractivity (Wildman–Crippen MR) is 123 cm³/mol. The van der Waals surface area contributed by atoms with E-state index in [-0.39, 0.29) is 11.1 Å². The van der Waals surface area contributed by atoms with Crippen LogP contribution in [0.4, 0.5) is 22.0 Å². The van der Waals surface area contributed by atoms with Gasteiger partial charge in [0.2, 0.25) is 0 Å². The maximum atomic E-state index is 14.7. The second kappa shape index (κ2) is 9.26. The Balaban J connectivity index is 1.32. The number of hydrogen-bond donors (Lipinski definition) is 0. The van der Waals surface area contributed by atoms with E-state index in [0.29, 0.717) is 54.9 Å². The van der Waals surface area contributed by atoms with Gasteiger partial charge < -0.3 is 9.47 Å². The highest BCUT2D eigenvalue weighted by Gasteiger charge is 2.44. The van der Waals surface area contributed by atoms with Crippen LogP contribution in [0.3, 0.4) is 0 Å². The van der Waals surface area contributed by atoms with Gasteiger partial charge in [0.1, 0.15) is 6.10 Å². The maximum Gasteiger partial charge on any atom is 0.400 e. The largest absolute Gasteiger partial charge is 0.429 e. The van der Waals surface area contributed by atoms with Crippen LogP contribution in [0.5, 0.6) is 5.75 Å². The molecule has 2 fully saturated rings. The fourth-order valence-corrected chi connectivity index (χ4v) is 4.70. The molecule has 1 unspecified atom stereocenters. The van der Waals surface area contributed by atoms with E-state index in [1.807, 2.05) is 6.92 Å². The number of rotatable bonds is 6. The standard InChI is InChI=1S/C28H25F5O2/c1-16-2-9-20(10-3-16)28(32,33)35-24-13-8-19(14-23(24)29)17-4-6-18(7-5-17)21-11-12-22(25-15-34-25)27(31)26(21)30/h4-8,11-14,16,20,25H,2-3,9-10,15H2,1H3. The van der Waals surface area contributed by atoms with E-state index in [9.17, 15) is 22.0 Å². The Morgan fingerprint density at radius 1 is 0.800 bits per heavy atom. The van der Waals surface area contributed by atoms with Crippen molar-refractivity contribution in [3.63, 3.8) is 0 Å². The van der Waals surface area contributed by atoms with E-state index < -0.39 is 41.3 Å². The van der Waals surface area contributed by atoms with Crippen molar-refractivity contribution >= 4 is 0 Å². The van der Waals surface area contributed by atoms with Gasteiger partial charge in [-0.05, 0) is 47.6 Å². The molecule has 0 radical (unpaired) electrons. The van der Waals surface area contributed by atoms with Gasteiger partial charge in [0.05, 0.1) is 12.5 Å². The van der Waals surface area contributed by atoms with E-state index in [1.54, 1.807) is 24.3 Å². The first-order valence-electron chi connectivity index (χ1n) is 11.8. The zero-order chi connectivity index (χ0) is 24.7. The molecule has 0 aromatic heterocycles. The van der Waals surface area contributed by atoms with Gasteiger partial charge in [-0.2, -0.15) is 8.78 Å². The quantitative estimate of drug-likeness (QED) is 0.257. The average molecular weight is 488 g/mol. The number of ether oxygens (including phenoxy) is 2. The summed E-state index contributed by atoms with van der Waals surface area (Å²) in [7, 11) is 0. The molecule has 35 heavy (non-hydrogen) atoms. The van der Waals surface area contributed by atoms with Crippen molar-refractivity contribution in [3.8, 4) is 28.0 Å². The average Bonchev–Trinajstić information content (AvgIpc) is 3.68. The van der Waals surface area contributed by atoms with E-state index in [2.05, 4.69) is 0 Å². The smallest absolute Gasteiger partial charge is 0.400 e. The van der Waals surface area contributed by atoms with Crippen LogP contribution >= 0.6 is 0 Å². The van der Waals surface area contributed by atoms with E-state index >= 15 is 0 Å². The van der Waals surface area contributed by atoms with Gasteiger partial charge in [-0.15, -0.1) is 0 Å². The SMILES string of the molecule is CC1CCC(C(F)(F)Oc2ccc(-c3ccc(-c4ccc(C5CO5)c(F)c4F)cc3)cc2F)CC1. The first-order valence-corrected chi connectivity index (χ1v) is 11.8. The molecule has 1 saturated heterocycles. The summed E-state index contributed by atoms with van der Waals surface area (Å²) in [5.41, 5.74) is 1.80. The minimum absolute atomic E-state index is 0.104. The van der Waals surface area contributed by atoms with Crippen LogP contribution in [0.2, 0.25) is 0 Å². The Morgan fingerprint density at radius 3 is 2.06 bits per heavy atom. The minimum atomic E-state index is -3.44. The number of hydrogen-bond acceptors (Lipinski definition) is 2. The molecule has 2 aliphatic rings. The molecular formula is C28H25F5O2. The molecule has 1 aliphatic carbocycles. The van der Waals surface area contributed by atoms with Crippen molar-refractivity contribution in [2.45, 2.75) is 44.8 Å². The molecule has 0 amide bonds. The summed E-state index contributed by atoms with van der Waals surface area (Å²) in [6.07, 6.45) is -1.73. The lowest BCUT2D eigenvalue weighted by molar-refractivity contribution is -0.224. The van der Waals surface area contributed by atoms with Crippen molar-refractivity contribution in [2.75, 3.05) is 6.61 Å². The second-order valence-electron chi connectivity index (χ2n) is 9.50. The first-order chi connectivity index (χ1) is 16.7. The summed E-state index contributed by atoms with van der Waals surface area (Å²) in [6, 6.07) is 13.3. The zero-order valence-corrected chi connectivity index (χ0v) is 19.2. The molecule has 0 spiro atoms. The molecule has 0 N–H and O–H groups in total. The molecule has 1 aliphatic heterocycles. The third-order valence-corrected chi connectivity index (χ3v) is 6.99. The van der Waals surface area contributed by atoms with Crippen LogP contribution in [0.25, 0.3) is 22.3 Å². The molecule has 184 valence electrons. The molecule has 1 heterocycles. The number of epoxide rings is 1. The summed E-state index contributed by atoms with van der Waals surface area (Å²) >= 11 is 0. The van der Waals surface area contributed by atoms with Gasteiger partial charge >= 0.3 is 6.11 Å². The molecule has 1 saturated carbocycles. The number of alkyl halides is 2. The number of halogens is 5. The Labute approximate surface area is 200 Å². The summed E-state index contributed by atoms with van der Waals surface area (Å²) < 4.78 is 82.7. The summed E-state index contributed by atoms with van der Waals surface area (Å²) in [6.45, 7) is 2.41. The Hall–Kier alpha value is -2.93. The molecular weight excluding hydrogens is 463 g/mol. The highest BCUT2D eigenvalue weighted by Crippen LogP contribution is 2.41. The van der Waals surface area contributed by atoms with E-state index in [0.717, 1.165) is 6.07 Å². The Kier molecular flexibility index (Phi) is 6.30. The van der Waals surface area contributed by atoms with Crippen molar-refractivity contribution in [1.82, 2.24) is 0 Å². The second-order valence-corrected chi connectivity index (χ2v) is 9.50. The summed E-state index contributed by atoms with van der Waals surface area (Å²) in [4.78, 5) is 0. The van der Waals surface area contributed by atoms with Crippen LogP contribution < -0.4 is 4.74 Å². The third kappa shape index (κ3) is 4.92. The van der Waals surface area contributed by atoms with Gasteiger partial charge in [-0.3, -0.25) is 0 Å².